The quantitative estimate of drug-likeness (QED) is 0.794. The molecule has 0 unspecified atom stereocenters. The van der Waals surface area contributed by atoms with Gasteiger partial charge in [-0.1, -0.05) is 36.4 Å². The van der Waals surface area contributed by atoms with E-state index in [4.69, 9.17) is 10.5 Å². The van der Waals surface area contributed by atoms with Gasteiger partial charge in [-0.25, -0.2) is 0 Å². The number of anilines is 1. The fraction of sp³-hybridized carbons (Fsp3) is 0.409. The second kappa shape index (κ2) is 7.02. The first-order chi connectivity index (χ1) is 12.7. The lowest BCUT2D eigenvalue weighted by molar-refractivity contribution is -0.123. The number of nitrogens with zero attached hydrogens (tertiary/aromatic N) is 1. The lowest BCUT2D eigenvalue weighted by atomic mass is 10.0. The molecule has 2 aromatic carbocycles. The highest BCUT2D eigenvalue weighted by molar-refractivity contribution is 5.83. The summed E-state index contributed by atoms with van der Waals surface area (Å²) in [6, 6.07) is 16.8. The van der Waals surface area contributed by atoms with Gasteiger partial charge in [-0.15, -0.1) is 0 Å². The second-order valence-corrected chi connectivity index (χ2v) is 7.51. The molecule has 136 valence electrons. The summed E-state index contributed by atoms with van der Waals surface area (Å²) in [5.74, 6) is 0.789. The summed E-state index contributed by atoms with van der Waals surface area (Å²) in [6.07, 6.45) is 4.73. The number of fused-ring (bicyclic) bond motifs is 1. The van der Waals surface area contributed by atoms with Crippen molar-refractivity contribution in [3.8, 4) is 5.75 Å². The van der Waals surface area contributed by atoms with Crippen LogP contribution >= 0.6 is 0 Å². The molecule has 0 spiro atoms. The maximum Gasteiger partial charge on any atom is 0.223 e. The van der Waals surface area contributed by atoms with Crippen molar-refractivity contribution in [2.75, 3.05) is 24.6 Å². The molecule has 26 heavy (non-hydrogen) atoms. The van der Waals surface area contributed by atoms with Crippen LogP contribution in [0.25, 0.3) is 0 Å². The van der Waals surface area contributed by atoms with Crippen molar-refractivity contribution in [3.63, 3.8) is 0 Å². The first-order valence-electron chi connectivity index (χ1n) is 9.51. The maximum absolute atomic E-state index is 11.6. The van der Waals surface area contributed by atoms with Crippen LogP contribution in [0.3, 0.4) is 0 Å². The SMILES string of the molecule is NC(=O)C1(CCN2CCc3ccc(OCCc4ccccc4)cc32)CC1. The van der Waals surface area contributed by atoms with Crippen molar-refractivity contribution in [2.24, 2.45) is 11.1 Å². The number of hydrogen-bond acceptors (Lipinski definition) is 3. The first-order valence-corrected chi connectivity index (χ1v) is 9.51. The number of carbonyl (C=O) groups is 1. The Hall–Kier alpha value is -2.49. The Labute approximate surface area is 155 Å². The Kier molecular flexibility index (Phi) is 4.58. The number of carbonyl (C=O) groups excluding carboxylic acids is 1. The molecule has 1 fully saturated rings. The third-order valence-corrected chi connectivity index (χ3v) is 5.79. The van der Waals surface area contributed by atoms with Gasteiger partial charge in [0.25, 0.3) is 0 Å². The molecule has 1 amide bonds. The molecule has 1 aliphatic heterocycles. The molecule has 2 N–H and O–H groups in total. The molecule has 0 aromatic heterocycles. The van der Waals surface area contributed by atoms with Gasteiger partial charge in [0.1, 0.15) is 5.75 Å². The van der Waals surface area contributed by atoms with E-state index in [-0.39, 0.29) is 11.3 Å². The molecule has 0 atom stereocenters. The number of rotatable bonds is 8. The summed E-state index contributed by atoms with van der Waals surface area (Å²) in [4.78, 5) is 14.0. The van der Waals surface area contributed by atoms with Crippen LogP contribution in [0.5, 0.6) is 5.75 Å². The van der Waals surface area contributed by atoms with Gasteiger partial charge in [0.05, 0.1) is 12.0 Å². The van der Waals surface area contributed by atoms with E-state index in [2.05, 4.69) is 47.4 Å². The monoisotopic (exact) mass is 350 g/mol. The Balaban J connectivity index is 1.35. The molecular formula is C22H26N2O2. The molecule has 4 rings (SSSR count). The van der Waals surface area contributed by atoms with Gasteiger partial charge in [0, 0.05) is 31.3 Å². The van der Waals surface area contributed by atoms with Crippen LogP contribution in [0.2, 0.25) is 0 Å². The summed E-state index contributed by atoms with van der Waals surface area (Å²) in [7, 11) is 0. The molecule has 1 heterocycles. The van der Waals surface area contributed by atoms with E-state index < -0.39 is 0 Å². The molecule has 0 bridgehead atoms. The highest BCUT2D eigenvalue weighted by Crippen LogP contribution is 2.49. The first kappa shape index (κ1) is 17.0. The smallest absolute Gasteiger partial charge is 0.223 e. The fourth-order valence-corrected chi connectivity index (χ4v) is 3.80. The molecular weight excluding hydrogens is 324 g/mol. The van der Waals surface area contributed by atoms with Gasteiger partial charge in [0.15, 0.2) is 0 Å². The van der Waals surface area contributed by atoms with Crippen LogP contribution in [0.1, 0.15) is 30.4 Å². The van der Waals surface area contributed by atoms with Gasteiger partial charge >= 0.3 is 0 Å². The van der Waals surface area contributed by atoms with Crippen LogP contribution in [0.15, 0.2) is 48.5 Å². The fourth-order valence-electron chi connectivity index (χ4n) is 3.80. The van der Waals surface area contributed by atoms with Gasteiger partial charge in [-0.2, -0.15) is 0 Å². The lowest BCUT2D eigenvalue weighted by Gasteiger charge is -2.22. The van der Waals surface area contributed by atoms with Gasteiger partial charge < -0.3 is 15.4 Å². The van der Waals surface area contributed by atoms with E-state index in [9.17, 15) is 4.79 Å². The van der Waals surface area contributed by atoms with Gasteiger partial charge in [-0.05, 0) is 42.9 Å². The number of hydrogen-bond donors (Lipinski definition) is 1. The molecule has 1 saturated carbocycles. The van der Waals surface area contributed by atoms with Crippen molar-refractivity contribution >= 4 is 11.6 Å². The van der Waals surface area contributed by atoms with Crippen molar-refractivity contribution < 1.29 is 9.53 Å². The summed E-state index contributed by atoms with van der Waals surface area (Å²) in [6.45, 7) is 2.58. The minimum atomic E-state index is -0.230. The third-order valence-electron chi connectivity index (χ3n) is 5.79. The van der Waals surface area contributed by atoms with Crippen molar-refractivity contribution in [2.45, 2.75) is 32.1 Å². The number of amides is 1. The number of primary amides is 1. The third kappa shape index (κ3) is 3.55. The van der Waals surface area contributed by atoms with Gasteiger partial charge in [-0.3, -0.25) is 4.79 Å². The summed E-state index contributed by atoms with van der Waals surface area (Å²) < 4.78 is 5.98. The van der Waals surface area contributed by atoms with Gasteiger partial charge in [0.2, 0.25) is 5.91 Å². The highest BCUT2D eigenvalue weighted by Gasteiger charge is 2.48. The largest absolute Gasteiger partial charge is 0.493 e. The van der Waals surface area contributed by atoms with E-state index in [1.807, 2.05) is 6.07 Å². The van der Waals surface area contributed by atoms with Crippen molar-refractivity contribution in [1.29, 1.82) is 0 Å². The average molecular weight is 350 g/mol. The minimum Gasteiger partial charge on any atom is -0.493 e. The van der Waals surface area contributed by atoms with Crippen molar-refractivity contribution in [3.05, 3.63) is 59.7 Å². The summed E-state index contributed by atoms with van der Waals surface area (Å²) in [5, 5.41) is 0. The van der Waals surface area contributed by atoms with Crippen LogP contribution in [0, 0.1) is 5.41 Å². The van der Waals surface area contributed by atoms with E-state index in [0.29, 0.717) is 6.61 Å². The topological polar surface area (TPSA) is 55.6 Å². The molecule has 0 saturated heterocycles. The average Bonchev–Trinajstić information content (AvgIpc) is 3.35. The van der Waals surface area contributed by atoms with E-state index >= 15 is 0 Å². The van der Waals surface area contributed by atoms with E-state index in [1.54, 1.807) is 0 Å². The van der Waals surface area contributed by atoms with Crippen LogP contribution < -0.4 is 15.4 Å². The summed E-state index contributed by atoms with van der Waals surface area (Å²) in [5.41, 5.74) is 9.24. The predicted octanol–water partition coefficient (Wildman–Crippen LogP) is 3.33. The second-order valence-electron chi connectivity index (χ2n) is 7.51. The van der Waals surface area contributed by atoms with Crippen LogP contribution in [-0.2, 0) is 17.6 Å². The lowest BCUT2D eigenvalue weighted by Crippen LogP contribution is -2.30. The normalized spacial score (nSPS) is 17.0. The Morgan fingerprint density at radius 2 is 1.96 bits per heavy atom. The minimum absolute atomic E-state index is 0.130. The Bertz CT molecular complexity index is 784. The number of nitrogens with two attached hydrogens (primary N) is 1. The molecule has 1 aliphatic carbocycles. The van der Waals surface area contributed by atoms with Crippen LogP contribution in [0.4, 0.5) is 5.69 Å². The summed E-state index contributed by atoms with van der Waals surface area (Å²) >= 11 is 0. The maximum atomic E-state index is 11.6. The zero-order valence-electron chi connectivity index (χ0n) is 15.1. The highest BCUT2D eigenvalue weighted by atomic mass is 16.5. The Morgan fingerprint density at radius 3 is 2.69 bits per heavy atom. The molecule has 2 aromatic rings. The molecule has 4 heteroatoms. The van der Waals surface area contributed by atoms with Crippen LogP contribution in [-0.4, -0.2) is 25.6 Å². The number of ether oxygens (including phenoxy) is 1. The number of benzene rings is 2. The zero-order valence-corrected chi connectivity index (χ0v) is 15.1. The Morgan fingerprint density at radius 1 is 1.15 bits per heavy atom. The van der Waals surface area contributed by atoms with Crippen molar-refractivity contribution in [1.82, 2.24) is 0 Å². The standard InChI is InChI=1S/C22H26N2O2/c23-21(25)22(10-11-22)12-14-24-13-8-18-6-7-19(16-20(18)24)26-15-9-17-4-2-1-3-5-17/h1-7,16H,8-15H2,(H2,23,25). The van der Waals surface area contributed by atoms with E-state index in [0.717, 1.165) is 50.9 Å². The molecule has 2 aliphatic rings. The zero-order chi connectivity index (χ0) is 18.0. The molecule has 0 radical (unpaired) electrons. The predicted molar refractivity (Wildman–Crippen MR) is 103 cm³/mol. The van der Waals surface area contributed by atoms with E-state index in [1.165, 1.54) is 16.8 Å². The molecule has 4 nitrogen and oxygen atoms in total.